The highest BCUT2D eigenvalue weighted by molar-refractivity contribution is 5.76. The second-order valence-electron chi connectivity index (χ2n) is 5.75. The molecule has 1 aromatic rings. The number of rotatable bonds is 3. The van der Waals surface area contributed by atoms with Gasteiger partial charge in [-0.05, 0) is 25.3 Å². The molecule has 0 aliphatic carbocycles. The number of carboxylic acid groups (broad SMARTS) is 1. The molecular formula is C16H22N2O3. The Morgan fingerprint density at radius 3 is 2.86 bits per heavy atom. The Hall–Kier alpha value is -2.04. The molecule has 21 heavy (non-hydrogen) atoms. The van der Waals surface area contributed by atoms with Crippen LogP contribution in [0.1, 0.15) is 24.0 Å². The number of benzene rings is 1. The van der Waals surface area contributed by atoms with E-state index < -0.39 is 11.9 Å². The molecule has 5 nitrogen and oxygen atoms in total. The van der Waals surface area contributed by atoms with E-state index in [9.17, 15) is 9.59 Å². The van der Waals surface area contributed by atoms with E-state index in [4.69, 9.17) is 5.11 Å². The number of carbonyl (C=O) groups excluding carboxylic acids is 1. The first-order valence-electron chi connectivity index (χ1n) is 7.26. The molecule has 1 fully saturated rings. The van der Waals surface area contributed by atoms with Crippen molar-refractivity contribution in [2.24, 2.45) is 5.92 Å². The molecule has 0 unspecified atom stereocenters. The zero-order chi connectivity index (χ0) is 15.4. The summed E-state index contributed by atoms with van der Waals surface area (Å²) in [5.41, 5.74) is 2.25. The second-order valence-corrected chi connectivity index (χ2v) is 5.75. The second kappa shape index (κ2) is 6.61. The first-order chi connectivity index (χ1) is 9.97. The Morgan fingerprint density at radius 2 is 2.19 bits per heavy atom. The predicted molar refractivity (Wildman–Crippen MR) is 80.0 cm³/mol. The van der Waals surface area contributed by atoms with Gasteiger partial charge in [0.1, 0.15) is 0 Å². The minimum Gasteiger partial charge on any atom is -0.481 e. The van der Waals surface area contributed by atoms with Gasteiger partial charge in [0.25, 0.3) is 0 Å². The van der Waals surface area contributed by atoms with Crippen LogP contribution >= 0.6 is 0 Å². The van der Waals surface area contributed by atoms with Crippen LogP contribution in [-0.2, 0) is 11.3 Å². The standard InChI is InChI=1S/C16H22N2O3/c1-12-5-3-6-13(9-12)10-17(2)16(21)18-8-4-7-14(11-18)15(19)20/h3,5-6,9,14H,4,7-8,10-11H2,1-2H3,(H,19,20)/t14-/m0/s1. The maximum atomic E-state index is 12.4. The number of aliphatic carboxylic acids is 1. The number of carbonyl (C=O) groups is 2. The van der Waals surface area contributed by atoms with Crippen LogP contribution in [0.3, 0.4) is 0 Å². The number of nitrogens with zero attached hydrogens (tertiary/aromatic N) is 2. The van der Waals surface area contributed by atoms with Crippen LogP contribution in [0.25, 0.3) is 0 Å². The normalized spacial score (nSPS) is 18.4. The Bertz CT molecular complexity index is 530. The molecule has 1 aliphatic heterocycles. The van der Waals surface area contributed by atoms with Crippen molar-refractivity contribution < 1.29 is 14.7 Å². The molecule has 1 atom stereocenters. The molecule has 1 heterocycles. The topological polar surface area (TPSA) is 60.9 Å². The van der Waals surface area contributed by atoms with Gasteiger partial charge < -0.3 is 14.9 Å². The molecule has 1 saturated heterocycles. The van der Waals surface area contributed by atoms with Crippen LogP contribution in [0.4, 0.5) is 4.79 Å². The Morgan fingerprint density at radius 1 is 1.43 bits per heavy atom. The van der Waals surface area contributed by atoms with Crippen LogP contribution in [0.5, 0.6) is 0 Å². The van der Waals surface area contributed by atoms with Crippen molar-refractivity contribution in [2.45, 2.75) is 26.3 Å². The third-order valence-corrected chi connectivity index (χ3v) is 3.87. The fraction of sp³-hybridized carbons (Fsp3) is 0.500. The highest BCUT2D eigenvalue weighted by Crippen LogP contribution is 2.18. The minimum atomic E-state index is -0.811. The van der Waals surface area contributed by atoms with E-state index in [2.05, 4.69) is 6.07 Å². The maximum Gasteiger partial charge on any atom is 0.320 e. The van der Waals surface area contributed by atoms with Crippen molar-refractivity contribution in [2.75, 3.05) is 20.1 Å². The SMILES string of the molecule is Cc1cccc(CN(C)C(=O)N2CCC[C@H](C(=O)O)C2)c1. The minimum absolute atomic E-state index is 0.0949. The fourth-order valence-electron chi connectivity index (χ4n) is 2.75. The van der Waals surface area contributed by atoms with E-state index in [1.807, 2.05) is 25.1 Å². The number of hydrogen-bond acceptors (Lipinski definition) is 2. The lowest BCUT2D eigenvalue weighted by Gasteiger charge is -2.33. The van der Waals surface area contributed by atoms with Gasteiger partial charge in [-0.15, -0.1) is 0 Å². The van der Waals surface area contributed by atoms with Crippen LogP contribution in [-0.4, -0.2) is 47.0 Å². The lowest BCUT2D eigenvalue weighted by Crippen LogP contribution is -2.47. The molecule has 114 valence electrons. The molecule has 0 aromatic heterocycles. The summed E-state index contributed by atoms with van der Waals surface area (Å²) in [6.45, 7) is 3.51. The van der Waals surface area contributed by atoms with Gasteiger partial charge >= 0.3 is 12.0 Å². The Labute approximate surface area is 125 Å². The molecule has 5 heteroatoms. The molecule has 0 radical (unpaired) electrons. The van der Waals surface area contributed by atoms with Crippen LogP contribution in [0, 0.1) is 12.8 Å². The monoisotopic (exact) mass is 290 g/mol. The number of hydrogen-bond donors (Lipinski definition) is 1. The molecule has 0 saturated carbocycles. The van der Waals surface area contributed by atoms with Crippen LogP contribution in [0.2, 0.25) is 0 Å². The van der Waals surface area contributed by atoms with E-state index in [1.54, 1.807) is 16.8 Å². The summed E-state index contributed by atoms with van der Waals surface area (Å²) in [6.07, 6.45) is 1.40. The summed E-state index contributed by atoms with van der Waals surface area (Å²) in [5.74, 6) is -1.25. The van der Waals surface area contributed by atoms with E-state index >= 15 is 0 Å². The zero-order valence-corrected chi connectivity index (χ0v) is 12.6. The molecular weight excluding hydrogens is 268 g/mol. The van der Waals surface area contributed by atoms with Gasteiger partial charge in [-0.25, -0.2) is 4.79 Å². The Kier molecular flexibility index (Phi) is 4.83. The quantitative estimate of drug-likeness (QED) is 0.929. The van der Waals surface area contributed by atoms with Gasteiger partial charge in [-0.3, -0.25) is 4.79 Å². The summed E-state index contributed by atoms with van der Waals surface area (Å²) in [5, 5.41) is 9.09. The molecule has 2 rings (SSSR count). The number of amides is 2. The third kappa shape index (κ3) is 3.97. The fourth-order valence-corrected chi connectivity index (χ4v) is 2.75. The zero-order valence-electron chi connectivity index (χ0n) is 12.6. The van der Waals surface area contributed by atoms with Crippen molar-refractivity contribution in [1.29, 1.82) is 0 Å². The third-order valence-electron chi connectivity index (χ3n) is 3.87. The van der Waals surface area contributed by atoms with Crippen molar-refractivity contribution >= 4 is 12.0 Å². The largest absolute Gasteiger partial charge is 0.481 e. The molecule has 1 aliphatic rings. The first kappa shape index (κ1) is 15.4. The van der Waals surface area contributed by atoms with Gasteiger partial charge in [-0.1, -0.05) is 29.8 Å². The number of aryl methyl sites for hydroxylation is 1. The Balaban J connectivity index is 1.97. The number of urea groups is 1. The summed E-state index contributed by atoms with van der Waals surface area (Å²) in [6, 6.07) is 7.95. The molecule has 1 aromatic carbocycles. The number of piperidine rings is 1. The van der Waals surface area contributed by atoms with Gasteiger partial charge in [0.2, 0.25) is 0 Å². The summed E-state index contributed by atoms with van der Waals surface area (Å²) in [7, 11) is 1.76. The van der Waals surface area contributed by atoms with E-state index in [0.29, 0.717) is 26.1 Å². The van der Waals surface area contributed by atoms with Gasteiger partial charge in [0.05, 0.1) is 5.92 Å². The lowest BCUT2D eigenvalue weighted by atomic mass is 9.98. The average molecular weight is 290 g/mol. The molecule has 0 spiro atoms. The summed E-state index contributed by atoms with van der Waals surface area (Å²) in [4.78, 5) is 26.8. The summed E-state index contributed by atoms with van der Waals surface area (Å²) >= 11 is 0. The van der Waals surface area contributed by atoms with Crippen LogP contribution < -0.4 is 0 Å². The summed E-state index contributed by atoms with van der Waals surface area (Å²) < 4.78 is 0. The smallest absolute Gasteiger partial charge is 0.320 e. The lowest BCUT2D eigenvalue weighted by molar-refractivity contribution is -0.143. The van der Waals surface area contributed by atoms with Crippen molar-refractivity contribution in [3.05, 3.63) is 35.4 Å². The van der Waals surface area contributed by atoms with Gasteiger partial charge in [-0.2, -0.15) is 0 Å². The van der Waals surface area contributed by atoms with Crippen molar-refractivity contribution in [1.82, 2.24) is 9.80 Å². The van der Waals surface area contributed by atoms with Gasteiger partial charge in [0, 0.05) is 26.7 Å². The highest BCUT2D eigenvalue weighted by Gasteiger charge is 2.29. The van der Waals surface area contributed by atoms with Crippen molar-refractivity contribution in [3.8, 4) is 0 Å². The van der Waals surface area contributed by atoms with Gasteiger partial charge in [0.15, 0.2) is 0 Å². The highest BCUT2D eigenvalue weighted by atomic mass is 16.4. The molecule has 1 N–H and O–H groups in total. The number of likely N-dealkylation sites (tertiary alicyclic amines) is 1. The molecule has 0 bridgehead atoms. The van der Waals surface area contributed by atoms with E-state index in [0.717, 1.165) is 17.5 Å². The average Bonchev–Trinajstić information content (AvgIpc) is 2.46. The van der Waals surface area contributed by atoms with E-state index in [1.165, 1.54) is 0 Å². The predicted octanol–water partition coefficient (Wildman–Crippen LogP) is 2.34. The maximum absolute atomic E-state index is 12.4. The molecule has 2 amide bonds. The van der Waals surface area contributed by atoms with Crippen LogP contribution in [0.15, 0.2) is 24.3 Å². The van der Waals surface area contributed by atoms with E-state index in [-0.39, 0.29) is 6.03 Å². The number of carboxylic acids is 1. The first-order valence-corrected chi connectivity index (χ1v) is 7.26. The van der Waals surface area contributed by atoms with Crippen molar-refractivity contribution in [3.63, 3.8) is 0 Å².